The van der Waals surface area contributed by atoms with Gasteiger partial charge in [-0.3, -0.25) is 5.43 Å². The van der Waals surface area contributed by atoms with Crippen LogP contribution in [0.2, 0.25) is 0 Å². The number of nitrogens with one attached hydrogen (secondary N) is 1. The zero-order chi connectivity index (χ0) is 20.3. The first-order valence-electron chi connectivity index (χ1n) is 7.03. The van der Waals surface area contributed by atoms with Gasteiger partial charge in [0, 0.05) is 5.56 Å². The Labute approximate surface area is 148 Å². The smallest absolute Gasteiger partial charge is 0.340 e. The first-order valence-corrected chi connectivity index (χ1v) is 7.03. The number of methoxy groups -OCH3 is 2. The quantitative estimate of drug-likeness (QED) is 0.259. The van der Waals surface area contributed by atoms with E-state index in [-0.39, 0.29) is 22.6 Å². The van der Waals surface area contributed by atoms with Crippen LogP contribution in [0.25, 0.3) is 0 Å². The number of carbonyl (C=O) groups is 1. The molecule has 144 valence electrons. The van der Waals surface area contributed by atoms with E-state index in [9.17, 15) is 31.9 Å². The fourth-order valence-corrected chi connectivity index (χ4v) is 2.14. The van der Waals surface area contributed by atoms with Crippen LogP contribution >= 0.6 is 0 Å². The van der Waals surface area contributed by atoms with E-state index in [0.717, 1.165) is 6.21 Å². The standard InChI is InChI=1S/C16H11F5N2O4/c1-26-7-4-3-6(8(16(24)25)15(7)27-2)5-22-23-14-12(20)10(18)9(17)11(19)13(14)21/h3-5,23H,1-2H3,(H,24,25)/b22-5-. The summed E-state index contributed by atoms with van der Waals surface area (Å²) in [5.41, 5.74) is -0.186. The van der Waals surface area contributed by atoms with Crippen molar-refractivity contribution in [3.8, 4) is 11.5 Å². The summed E-state index contributed by atoms with van der Waals surface area (Å²) in [4.78, 5) is 11.5. The summed E-state index contributed by atoms with van der Waals surface area (Å²) in [6.07, 6.45) is 0.809. The lowest BCUT2D eigenvalue weighted by atomic mass is 10.1. The van der Waals surface area contributed by atoms with E-state index in [0.29, 0.717) is 0 Å². The van der Waals surface area contributed by atoms with Gasteiger partial charge >= 0.3 is 5.97 Å². The van der Waals surface area contributed by atoms with E-state index in [1.165, 1.54) is 26.4 Å². The molecule has 0 spiro atoms. The normalized spacial score (nSPS) is 10.9. The molecule has 0 bridgehead atoms. The molecule has 0 radical (unpaired) electrons. The first-order chi connectivity index (χ1) is 12.7. The van der Waals surface area contributed by atoms with Crippen molar-refractivity contribution in [2.45, 2.75) is 0 Å². The van der Waals surface area contributed by atoms with Crippen LogP contribution in [0.1, 0.15) is 15.9 Å². The number of hydrogen-bond acceptors (Lipinski definition) is 5. The Balaban J connectivity index is 2.45. The summed E-state index contributed by atoms with van der Waals surface area (Å²) < 4.78 is 76.3. The fourth-order valence-electron chi connectivity index (χ4n) is 2.14. The van der Waals surface area contributed by atoms with Gasteiger partial charge in [-0.05, 0) is 12.1 Å². The number of ether oxygens (including phenoxy) is 2. The Bertz CT molecular complexity index is 905. The molecule has 2 aromatic carbocycles. The SMILES string of the molecule is COc1ccc(/C=N\Nc2c(F)c(F)c(F)c(F)c2F)c(C(=O)O)c1OC. The average Bonchev–Trinajstić information content (AvgIpc) is 2.66. The second-order valence-electron chi connectivity index (χ2n) is 4.89. The van der Waals surface area contributed by atoms with Crippen LogP contribution in [0.4, 0.5) is 27.6 Å². The van der Waals surface area contributed by atoms with Gasteiger partial charge in [0.1, 0.15) is 11.3 Å². The van der Waals surface area contributed by atoms with Crippen LogP contribution in [0, 0.1) is 29.1 Å². The highest BCUT2D eigenvalue weighted by atomic mass is 19.2. The van der Waals surface area contributed by atoms with E-state index >= 15 is 0 Å². The third kappa shape index (κ3) is 3.61. The Morgan fingerprint density at radius 2 is 1.56 bits per heavy atom. The van der Waals surface area contributed by atoms with E-state index in [2.05, 4.69) is 5.10 Å². The van der Waals surface area contributed by atoms with Crippen molar-refractivity contribution in [2.75, 3.05) is 19.6 Å². The predicted molar refractivity (Wildman–Crippen MR) is 84.0 cm³/mol. The van der Waals surface area contributed by atoms with Crippen LogP contribution in [0.5, 0.6) is 11.5 Å². The second-order valence-corrected chi connectivity index (χ2v) is 4.89. The van der Waals surface area contributed by atoms with E-state index in [1.807, 2.05) is 0 Å². The minimum atomic E-state index is -2.31. The molecule has 2 rings (SSSR count). The van der Waals surface area contributed by atoms with Crippen molar-refractivity contribution in [2.24, 2.45) is 5.10 Å². The number of nitrogens with zero attached hydrogens (tertiary/aromatic N) is 1. The highest BCUT2D eigenvalue weighted by Crippen LogP contribution is 2.33. The summed E-state index contributed by atoms with van der Waals surface area (Å²) in [6, 6.07) is 2.58. The molecular formula is C16H11F5N2O4. The topological polar surface area (TPSA) is 80.2 Å². The molecule has 0 fully saturated rings. The number of hydrogen-bond donors (Lipinski definition) is 2. The van der Waals surface area contributed by atoms with Crippen LogP contribution < -0.4 is 14.9 Å². The van der Waals surface area contributed by atoms with Crippen molar-refractivity contribution >= 4 is 17.9 Å². The van der Waals surface area contributed by atoms with Crippen molar-refractivity contribution in [3.05, 3.63) is 52.3 Å². The molecule has 0 atom stereocenters. The van der Waals surface area contributed by atoms with Gasteiger partial charge in [0.2, 0.25) is 5.82 Å². The Morgan fingerprint density at radius 3 is 2.04 bits per heavy atom. The third-order valence-corrected chi connectivity index (χ3v) is 3.38. The Kier molecular flexibility index (Phi) is 5.83. The maximum Gasteiger partial charge on any atom is 0.340 e. The third-order valence-electron chi connectivity index (χ3n) is 3.38. The molecule has 0 saturated carbocycles. The number of aromatic carboxylic acids is 1. The van der Waals surface area contributed by atoms with Crippen molar-refractivity contribution in [1.82, 2.24) is 0 Å². The molecular weight excluding hydrogens is 379 g/mol. The summed E-state index contributed by atoms with van der Waals surface area (Å²) in [5, 5.41) is 12.7. The van der Waals surface area contributed by atoms with Gasteiger partial charge in [0.15, 0.2) is 34.8 Å². The van der Waals surface area contributed by atoms with E-state index in [1.54, 1.807) is 5.43 Å². The lowest BCUT2D eigenvalue weighted by Gasteiger charge is -2.12. The molecule has 0 aromatic heterocycles. The molecule has 0 saturated heterocycles. The zero-order valence-electron chi connectivity index (χ0n) is 13.7. The largest absolute Gasteiger partial charge is 0.493 e. The second kappa shape index (κ2) is 7.89. The average molecular weight is 390 g/mol. The Hall–Kier alpha value is -3.37. The van der Waals surface area contributed by atoms with Gasteiger partial charge in [-0.15, -0.1) is 0 Å². The summed E-state index contributed by atoms with van der Waals surface area (Å²) in [6.45, 7) is 0. The molecule has 27 heavy (non-hydrogen) atoms. The molecule has 0 unspecified atom stereocenters. The van der Waals surface area contributed by atoms with Crippen molar-refractivity contribution in [3.63, 3.8) is 0 Å². The van der Waals surface area contributed by atoms with Crippen LogP contribution in [0.3, 0.4) is 0 Å². The number of anilines is 1. The summed E-state index contributed by atoms with van der Waals surface area (Å²) in [5.74, 6) is -12.3. The first kappa shape index (κ1) is 19.9. The molecule has 2 N–H and O–H groups in total. The molecule has 0 aliphatic heterocycles. The lowest BCUT2D eigenvalue weighted by Crippen LogP contribution is -2.09. The minimum absolute atomic E-state index is 0.0866. The van der Waals surface area contributed by atoms with Crippen molar-refractivity contribution < 1.29 is 41.3 Å². The number of carboxylic acids is 1. The maximum atomic E-state index is 13.6. The Morgan fingerprint density at radius 1 is 1.00 bits per heavy atom. The lowest BCUT2D eigenvalue weighted by molar-refractivity contribution is 0.0692. The van der Waals surface area contributed by atoms with Gasteiger partial charge in [-0.25, -0.2) is 26.7 Å². The maximum absolute atomic E-state index is 13.6. The van der Waals surface area contributed by atoms with Gasteiger partial charge in [0.25, 0.3) is 0 Å². The van der Waals surface area contributed by atoms with Gasteiger partial charge < -0.3 is 14.6 Å². The van der Waals surface area contributed by atoms with E-state index < -0.39 is 40.7 Å². The highest BCUT2D eigenvalue weighted by molar-refractivity contribution is 6.02. The van der Waals surface area contributed by atoms with Crippen molar-refractivity contribution in [1.29, 1.82) is 0 Å². The number of hydrazone groups is 1. The minimum Gasteiger partial charge on any atom is -0.493 e. The van der Waals surface area contributed by atoms with Gasteiger partial charge in [0.05, 0.1) is 20.4 Å². The molecule has 11 heteroatoms. The number of benzene rings is 2. The molecule has 2 aromatic rings. The summed E-state index contributed by atoms with van der Waals surface area (Å²) in [7, 11) is 2.47. The summed E-state index contributed by atoms with van der Waals surface area (Å²) >= 11 is 0. The molecule has 0 aliphatic rings. The monoisotopic (exact) mass is 390 g/mol. The van der Waals surface area contributed by atoms with Gasteiger partial charge in [-0.1, -0.05) is 0 Å². The zero-order valence-corrected chi connectivity index (χ0v) is 13.7. The number of rotatable bonds is 6. The highest BCUT2D eigenvalue weighted by Gasteiger charge is 2.26. The predicted octanol–water partition coefficient (Wildman–Crippen LogP) is 3.54. The molecule has 6 nitrogen and oxygen atoms in total. The molecule has 0 heterocycles. The molecule has 0 amide bonds. The van der Waals surface area contributed by atoms with Crippen LogP contribution in [-0.4, -0.2) is 31.5 Å². The molecule has 0 aliphatic carbocycles. The van der Waals surface area contributed by atoms with Gasteiger partial charge in [-0.2, -0.15) is 5.10 Å². The number of halogens is 5. The fraction of sp³-hybridized carbons (Fsp3) is 0.125. The van der Waals surface area contributed by atoms with E-state index in [4.69, 9.17) is 9.47 Å². The number of carboxylic acid groups (broad SMARTS) is 1. The van der Waals surface area contributed by atoms with Crippen LogP contribution in [0.15, 0.2) is 17.2 Å². The van der Waals surface area contributed by atoms with Crippen LogP contribution in [-0.2, 0) is 0 Å².